The van der Waals surface area contributed by atoms with Crippen LogP contribution in [0.4, 0.5) is 4.79 Å². The fourth-order valence-corrected chi connectivity index (χ4v) is 3.10. The van der Waals surface area contributed by atoms with Gasteiger partial charge in [0.25, 0.3) is 5.24 Å². The van der Waals surface area contributed by atoms with Crippen LogP contribution in [-0.2, 0) is 6.42 Å². The summed E-state index contributed by atoms with van der Waals surface area (Å²) in [4.78, 5) is 15.5. The van der Waals surface area contributed by atoms with Crippen molar-refractivity contribution < 1.29 is 4.79 Å². The molecular formula is C12H16N2OS. The summed E-state index contributed by atoms with van der Waals surface area (Å²) >= 11 is 1.21. The Morgan fingerprint density at radius 2 is 2.31 bits per heavy atom. The Balaban J connectivity index is 2.39. The number of rotatable bonds is 1. The van der Waals surface area contributed by atoms with E-state index in [4.69, 9.17) is 5.73 Å². The number of nitrogens with two attached hydrogens (primary N) is 1. The van der Waals surface area contributed by atoms with E-state index in [1.54, 1.807) is 0 Å². The molecule has 0 aromatic carbocycles. The highest BCUT2D eigenvalue weighted by Gasteiger charge is 2.25. The maximum atomic E-state index is 11.0. The molecule has 86 valence electrons. The Bertz CT molecular complexity index is 431. The molecule has 1 heterocycles. The number of aromatic nitrogens is 1. The molecule has 0 bridgehead atoms. The molecule has 1 aromatic rings. The number of hydrogen-bond donors (Lipinski definition) is 1. The maximum absolute atomic E-state index is 11.0. The highest BCUT2D eigenvalue weighted by Crippen LogP contribution is 2.39. The quantitative estimate of drug-likeness (QED) is 0.815. The predicted octanol–water partition coefficient (Wildman–Crippen LogP) is 2.89. The van der Waals surface area contributed by atoms with Crippen LogP contribution in [0.3, 0.4) is 0 Å². The molecule has 1 aliphatic rings. The van der Waals surface area contributed by atoms with E-state index < -0.39 is 0 Å². The summed E-state index contributed by atoms with van der Waals surface area (Å²) in [6, 6.07) is 0. The molecule has 1 unspecified atom stereocenters. The van der Waals surface area contributed by atoms with Gasteiger partial charge in [0.05, 0.1) is 10.9 Å². The molecule has 0 spiro atoms. The van der Waals surface area contributed by atoms with E-state index in [1.807, 2.05) is 6.20 Å². The van der Waals surface area contributed by atoms with E-state index in [-0.39, 0.29) is 10.5 Å². The Kier molecular flexibility index (Phi) is 3.19. The third-order valence-electron chi connectivity index (χ3n) is 3.21. The minimum absolute atomic E-state index is 0.153. The van der Waals surface area contributed by atoms with Gasteiger partial charge >= 0.3 is 0 Å². The number of primary amides is 1. The van der Waals surface area contributed by atoms with Crippen LogP contribution in [0, 0.1) is 13.8 Å². The fourth-order valence-electron chi connectivity index (χ4n) is 2.22. The highest BCUT2D eigenvalue weighted by atomic mass is 32.2. The summed E-state index contributed by atoms with van der Waals surface area (Å²) in [7, 11) is 0. The van der Waals surface area contributed by atoms with Gasteiger partial charge in [0, 0.05) is 6.20 Å². The monoisotopic (exact) mass is 236 g/mol. The Morgan fingerprint density at radius 3 is 3.00 bits per heavy atom. The van der Waals surface area contributed by atoms with Crippen LogP contribution in [-0.4, -0.2) is 10.2 Å². The lowest BCUT2D eigenvalue weighted by Crippen LogP contribution is -2.15. The maximum Gasteiger partial charge on any atom is 0.277 e. The molecule has 0 saturated carbocycles. The summed E-state index contributed by atoms with van der Waals surface area (Å²) in [6.45, 7) is 4.21. The molecular weight excluding hydrogens is 220 g/mol. The first kappa shape index (κ1) is 11.5. The van der Waals surface area contributed by atoms with E-state index in [1.165, 1.54) is 28.5 Å². The first-order valence-electron chi connectivity index (χ1n) is 5.50. The number of aryl methyl sites for hydroxylation is 1. The number of fused-ring (bicyclic) bond motifs is 1. The van der Waals surface area contributed by atoms with E-state index >= 15 is 0 Å². The number of thioether (sulfide) groups is 1. The molecule has 1 aromatic heterocycles. The summed E-state index contributed by atoms with van der Waals surface area (Å²) in [6.07, 6.45) is 5.08. The summed E-state index contributed by atoms with van der Waals surface area (Å²) < 4.78 is 0. The van der Waals surface area contributed by atoms with Crippen molar-refractivity contribution in [1.29, 1.82) is 0 Å². The van der Waals surface area contributed by atoms with Crippen molar-refractivity contribution in [2.24, 2.45) is 5.73 Å². The van der Waals surface area contributed by atoms with Crippen molar-refractivity contribution in [3.8, 4) is 0 Å². The second-order valence-electron chi connectivity index (χ2n) is 4.25. The molecule has 1 atom stereocenters. The lowest BCUT2D eigenvalue weighted by molar-refractivity contribution is 0.267. The van der Waals surface area contributed by atoms with Gasteiger partial charge in [0.15, 0.2) is 0 Å². The number of carbonyl (C=O) groups excluding carboxylic acids is 1. The van der Waals surface area contributed by atoms with Gasteiger partial charge in [-0.15, -0.1) is 0 Å². The molecule has 2 rings (SSSR count). The molecule has 0 saturated heterocycles. The van der Waals surface area contributed by atoms with Gasteiger partial charge < -0.3 is 5.73 Å². The van der Waals surface area contributed by atoms with Crippen molar-refractivity contribution in [2.45, 2.75) is 38.4 Å². The van der Waals surface area contributed by atoms with Crippen LogP contribution in [0.25, 0.3) is 0 Å². The molecule has 0 aliphatic heterocycles. The van der Waals surface area contributed by atoms with Gasteiger partial charge in [-0.2, -0.15) is 0 Å². The van der Waals surface area contributed by atoms with Crippen molar-refractivity contribution in [1.82, 2.24) is 4.98 Å². The van der Waals surface area contributed by atoms with E-state index in [2.05, 4.69) is 18.8 Å². The van der Waals surface area contributed by atoms with Gasteiger partial charge in [0.1, 0.15) is 0 Å². The van der Waals surface area contributed by atoms with Crippen molar-refractivity contribution in [3.05, 3.63) is 28.6 Å². The van der Waals surface area contributed by atoms with Crippen molar-refractivity contribution >= 4 is 17.0 Å². The molecule has 0 fully saturated rings. The van der Waals surface area contributed by atoms with Gasteiger partial charge in [0.2, 0.25) is 0 Å². The zero-order valence-electron chi connectivity index (χ0n) is 9.62. The topological polar surface area (TPSA) is 56.0 Å². The average molecular weight is 236 g/mol. The van der Waals surface area contributed by atoms with Crippen LogP contribution in [0.2, 0.25) is 0 Å². The Hall–Kier alpha value is -1.03. The third kappa shape index (κ3) is 2.07. The lowest BCUT2D eigenvalue weighted by Gasteiger charge is -2.24. The highest BCUT2D eigenvalue weighted by molar-refractivity contribution is 8.13. The van der Waals surface area contributed by atoms with E-state index in [0.717, 1.165) is 25.0 Å². The lowest BCUT2D eigenvalue weighted by atomic mass is 9.91. The van der Waals surface area contributed by atoms with E-state index in [0.29, 0.717) is 0 Å². The summed E-state index contributed by atoms with van der Waals surface area (Å²) in [5.41, 5.74) is 10.2. The Morgan fingerprint density at radius 1 is 1.56 bits per heavy atom. The second kappa shape index (κ2) is 4.45. The number of amides is 1. The molecule has 0 radical (unpaired) electrons. The van der Waals surface area contributed by atoms with Gasteiger partial charge in [-0.05, 0) is 49.8 Å². The molecule has 1 amide bonds. The smallest absolute Gasteiger partial charge is 0.277 e. The zero-order valence-corrected chi connectivity index (χ0v) is 10.4. The Labute approximate surface area is 99.8 Å². The predicted molar refractivity (Wildman–Crippen MR) is 66.6 cm³/mol. The first-order chi connectivity index (χ1) is 7.59. The first-order valence-corrected chi connectivity index (χ1v) is 6.38. The molecule has 2 N–H and O–H groups in total. The number of hydrogen-bond acceptors (Lipinski definition) is 3. The van der Waals surface area contributed by atoms with Crippen LogP contribution >= 0.6 is 11.8 Å². The number of nitrogens with zero attached hydrogens (tertiary/aromatic N) is 1. The third-order valence-corrected chi connectivity index (χ3v) is 4.18. The number of carbonyl (C=O) groups is 1. The molecule has 4 heteroatoms. The molecule has 3 nitrogen and oxygen atoms in total. The summed E-state index contributed by atoms with van der Waals surface area (Å²) in [5, 5.41) is -0.154. The minimum Gasteiger partial charge on any atom is -0.360 e. The standard InChI is InChI=1S/C12H16N2OS/c1-7-6-14-11-9(8(7)2)4-3-5-10(11)16-12(13)15/h6,10H,3-5H2,1-2H3,(H2,13,15). The van der Waals surface area contributed by atoms with Crippen molar-refractivity contribution in [3.63, 3.8) is 0 Å². The zero-order chi connectivity index (χ0) is 11.7. The molecule has 16 heavy (non-hydrogen) atoms. The minimum atomic E-state index is -0.308. The second-order valence-corrected chi connectivity index (χ2v) is 5.45. The van der Waals surface area contributed by atoms with Gasteiger partial charge in [-0.3, -0.25) is 9.78 Å². The van der Waals surface area contributed by atoms with Crippen LogP contribution < -0.4 is 5.73 Å². The number of pyridine rings is 1. The largest absolute Gasteiger partial charge is 0.360 e. The van der Waals surface area contributed by atoms with Crippen molar-refractivity contribution in [2.75, 3.05) is 0 Å². The molecule has 1 aliphatic carbocycles. The average Bonchev–Trinajstić information content (AvgIpc) is 2.23. The fraction of sp³-hybridized carbons (Fsp3) is 0.500. The van der Waals surface area contributed by atoms with Gasteiger partial charge in [-0.1, -0.05) is 11.8 Å². The SMILES string of the molecule is Cc1cnc2c(c1C)CCCC2SC(N)=O. The van der Waals surface area contributed by atoms with Gasteiger partial charge in [-0.25, -0.2) is 0 Å². The van der Waals surface area contributed by atoms with Crippen LogP contribution in [0.15, 0.2) is 6.20 Å². The summed E-state index contributed by atoms with van der Waals surface area (Å²) in [5.74, 6) is 0. The van der Waals surface area contributed by atoms with E-state index in [9.17, 15) is 4.79 Å². The van der Waals surface area contributed by atoms with Crippen LogP contribution in [0.5, 0.6) is 0 Å². The normalized spacial score (nSPS) is 19.2. The van der Waals surface area contributed by atoms with Crippen LogP contribution in [0.1, 0.15) is 40.5 Å².